The van der Waals surface area contributed by atoms with E-state index in [2.05, 4.69) is 19.2 Å². The maximum atomic E-state index is 13.3. The Morgan fingerprint density at radius 2 is 1.93 bits per heavy atom. The van der Waals surface area contributed by atoms with E-state index in [-0.39, 0.29) is 24.8 Å². The summed E-state index contributed by atoms with van der Waals surface area (Å²) in [6.45, 7) is 4.45. The molecule has 2 aromatic carbocycles. The third-order valence-corrected chi connectivity index (χ3v) is 5.05. The highest BCUT2D eigenvalue weighted by Crippen LogP contribution is 2.28. The minimum atomic E-state index is -1.00. The van der Waals surface area contributed by atoms with Crippen LogP contribution in [-0.2, 0) is 9.59 Å². The van der Waals surface area contributed by atoms with Crippen LogP contribution in [0.2, 0.25) is 0 Å². The molecule has 28 heavy (non-hydrogen) atoms. The Morgan fingerprint density at radius 1 is 1.21 bits per heavy atom. The molecule has 2 N–H and O–H groups in total. The number of aliphatic hydroxyl groups excluding tert-OH is 1. The largest absolute Gasteiger partial charge is 0.387 e. The molecule has 1 heterocycles. The van der Waals surface area contributed by atoms with Gasteiger partial charge in [0.05, 0.1) is 12.0 Å². The number of anilines is 1. The van der Waals surface area contributed by atoms with Gasteiger partial charge in [-0.15, -0.1) is 0 Å². The number of rotatable bonds is 6. The molecule has 6 heteroatoms. The van der Waals surface area contributed by atoms with Crippen molar-refractivity contribution in [3.63, 3.8) is 0 Å². The lowest BCUT2D eigenvalue weighted by Gasteiger charge is -2.19. The highest BCUT2D eigenvalue weighted by Gasteiger charge is 2.35. The van der Waals surface area contributed by atoms with Crippen LogP contribution < -0.4 is 10.2 Å². The van der Waals surface area contributed by atoms with Crippen molar-refractivity contribution in [2.45, 2.75) is 32.3 Å². The summed E-state index contributed by atoms with van der Waals surface area (Å²) in [5.74, 6) is -0.947. The first-order valence-corrected chi connectivity index (χ1v) is 9.46. The number of carbonyl (C=O) groups is 2. The topological polar surface area (TPSA) is 69.6 Å². The fourth-order valence-electron chi connectivity index (χ4n) is 3.36. The van der Waals surface area contributed by atoms with Crippen molar-refractivity contribution in [1.82, 2.24) is 5.32 Å². The van der Waals surface area contributed by atoms with Crippen LogP contribution in [-0.4, -0.2) is 30.0 Å². The Bertz CT molecular complexity index is 868. The number of hydrogen-bond acceptors (Lipinski definition) is 3. The van der Waals surface area contributed by atoms with Gasteiger partial charge in [-0.3, -0.25) is 9.59 Å². The average molecular weight is 384 g/mol. The van der Waals surface area contributed by atoms with Gasteiger partial charge in [0.15, 0.2) is 0 Å². The molecule has 1 aliphatic heterocycles. The van der Waals surface area contributed by atoms with E-state index < -0.39 is 17.8 Å². The molecule has 1 aliphatic rings. The highest BCUT2D eigenvalue weighted by molar-refractivity contribution is 6.00. The molecular formula is C22H25FN2O3. The van der Waals surface area contributed by atoms with Crippen molar-refractivity contribution >= 4 is 17.5 Å². The van der Waals surface area contributed by atoms with E-state index in [0.29, 0.717) is 18.0 Å². The van der Waals surface area contributed by atoms with Gasteiger partial charge in [0.25, 0.3) is 0 Å². The molecule has 0 spiro atoms. The summed E-state index contributed by atoms with van der Waals surface area (Å²) in [5.41, 5.74) is 2.33. The molecule has 1 saturated heterocycles. The van der Waals surface area contributed by atoms with E-state index in [1.807, 2.05) is 24.3 Å². The fourth-order valence-corrected chi connectivity index (χ4v) is 3.36. The molecule has 3 rings (SSSR count). The second-order valence-electron chi connectivity index (χ2n) is 7.47. The molecule has 5 nitrogen and oxygen atoms in total. The number of aliphatic hydroxyl groups is 1. The monoisotopic (exact) mass is 384 g/mol. The molecule has 0 aromatic heterocycles. The Labute approximate surface area is 164 Å². The van der Waals surface area contributed by atoms with Gasteiger partial charge in [0.2, 0.25) is 11.8 Å². The van der Waals surface area contributed by atoms with Crippen LogP contribution >= 0.6 is 0 Å². The Balaban J connectivity index is 1.60. The number of amides is 2. The summed E-state index contributed by atoms with van der Waals surface area (Å²) in [7, 11) is 0. The molecule has 2 unspecified atom stereocenters. The van der Waals surface area contributed by atoms with Crippen LogP contribution in [0.1, 0.15) is 43.4 Å². The lowest BCUT2D eigenvalue weighted by molar-refractivity contribution is -0.126. The zero-order valence-electron chi connectivity index (χ0n) is 16.1. The summed E-state index contributed by atoms with van der Waals surface area (Å²) in [6, 6.07) is 13.4. The number of carbonyl (C=O) groups excluding carboxylic acids is 2. The maximum absolute atomic E-state index is 13.3. The minimum Gasteiger partial charge on any atom is -0.387 e. The predicted octanol–water partition coefficient (Wildman–Crippen LogP) is 3.15. The van der Waals surface area contributed by atoms with Crippen LogP contribution in [0.15, 0.2) is 48.5 Å². The summed E-state index contributed by atoms with van der Waals surface area (Å²) < 4.78 is 13.3. The molecule has 0 saturated carbocycles. The fraction of sp³-hybridized carbons (Fsp3) is 0.364. The van der Waals surface area contributed by atoms with E-state index >= 15 is 0 Å². The van der Waals surface area contributed by atoms with Crippen molar-refractivity contribution in [3.8, 4) is 0 Å². The van der Waals surface area contributed by atoms with Crippen LogP contribution in [0.4, 0.5) is 10.1 Å². The molecule has 148 valence electrons. The first-order chi connectivity index (χ1) is 13.3. The number of benzene rings is 2. The summed E-state index contributed by atoms with van der Waals surface area (Å²) in [4.78, 5) is 26.5. The third-order valence-electron chi connectivity index (χ3n) is 5.05. The number of halogens is 1. The van der Waals surface area contributed by atoms with E-state index in [0.717, 1.165) is 11.3 Å². The van der Waals surface area contributed by atoms with Crippen molar-refractivity contribution in [2.75, 3.05) is 18.0 Å². The maximum Gasteiger partial charge on any atom is 0.227 e. The molecular weight excluding hydrogens is 359 g/mol. The van der Waals surface area contributed by atoms with Gasteiger partial charge in [-0.2, -0.15) is 0 Å². The molecule has 1 fully saturated rings. The second kappa shape index (κ2) is 8.52. The van der Waals surface area contributed by atoms with Gasteiger partial charge < -0.3 is 15.3 Å². The average Bonchev–Trinajstić information content (AvgIpc) is 3.07. The summed E-state index contributed by atoms with van der Waals surface area (Å²) in [5, 5.41) is 12.8. The first kappa shape index (κ1) is 20.0. The van der Waals surface area contributed by atoms with Gasteiger partial charge in [-0.25, -0.2) is 4.39 Å². The lowest BCUT2D eigenvalue weighted by atomic mass is 10.0. The standard InChI is InChI=1S/C22H25FN2O3/c1-14(2)15-5-4-8-19(10-15)25-13-17(11-21(25)27)22(28)24-12-20(26)16-6-3-7-18(23)9-16/h3-10,14,17,20,26H,11-13H2,1-2H3,(H,24,28). The van der Waals surface area contributed by atoms with E-state index in [4.69, 9.17) is 0 Å². The normalized spacial score (nSPS) is 17.8. The number of hydrogen-bond donors (Lipinski definition) is 2. The van der Waals surface area contributed by atoms with Crippen molar-refractivity contribution in [3.05, 3.63) is 65.5 Å². The van der Waals surface area contributed by atoms with E-state index in [9.17, 15) is 19.1 Å². The smallest absolute Gasteiger partial charge is 0.227 e. The molecule has 0 radical (unpaired) electrons. The SMILES string of the molecule is CC(C)c1cccc(N2CC(C(=O)NCC(O)c3cccc(F)c3)CC2=O)c1. The quantitative estimate of drug-likeness (QED) is 0.804. The van der Waals surface area contributed by atoms with Crippen molar-refractivity contribution in [1.29, 1.82) is 0 Å². The Morgan fingerprint density at radius 3 is 2.64 bits per heavy atom. The highest BCUT2D eigenvalue weighted by atomic mass is 19.1. The zero-order valence-corrected chi connectivity index (χ0v) is 16.1. The van der Waals surface area contributed by atoms with Crippen molar-refractivity contribution in [2.24, 2.45) is 5.92 Å². The van der Waals surface area contributed by atoms with Crippen molar-refractivity contribution < 1.29 is 19.1 Å². The summed E-state index contributed by atoms with van der Waals surface area (Å²) in [6.07, 6.45) is -0.871. The molecule has 2 atom stereocenters. The molecule has 0 aliphatic carbocycles. The minimum absolute atomic E-state index is 0.0319. The third kappa shape index (κ3) is 4.57. The number of nitrogens with one attached hydrogen (secondary N) is 1. The Kier molecular flexibility index (Phi) is 6.09. The van der Waals surface area contributed by atoms with Crippen LogP contribution in [0.3, 0.4) is 0 Å². The molecule has 2 aromatic rings. The van der Waals surface area contributed by atoms with Gasteiger partial charge in [-0.05, 0) is 41.3 Å². The molecule has 0 bridgehead atoms. The van der Waals surface area contributed by atoms with E-state index in [1.54, 1.807) is 11.0 Å². The predicted molar refractivity (Wildman–Crippen MR) is 105 cm³/mol. The van der Waals surface area contributed by atoms with Crippen LogP contribution in [0, 0.1) is 11.7 Å². The van der Waals surface area contributed by atoms with Gasteiger partial charge >= 0.3 is 0 Å². The second-order valence-corrected chi connectivity index (χ2v) is 7.47. The first-order valence-electron chi connectivity index (χ1n) is 9.46. The van der Waals surface area contributed by atoms with Crippen LogP contribution in [0.25, 0.3) is 0 Å². The van der Waals surface area contributed by atoms with Gasteiger partial charge in [-0.1, -0.05) is 38.1 Å². The van der Waals surface area contributed by atoms with E-state index in [1.165, 1.54) is 18.2 Å². The van der Waals surface area contributed by atoms with Crippen LogP contribution in [0.5, 0.6) is 0 Å². The number of nitrogens with zero attached hydrogens (tertiary/aromatic N) is 1. The van der Waals surface area contributed by atoms with Gasteiger partial charge in [0, 0.05) is 25.2 Å². The summed E-state index contributed by atoms with van der Waals surface area (Å²) >= 11 is 0. The zero-order chi connectivity index (χ0) is 20.3. The Hall–Kier alpha value is -2.73. The van der Waals surface area contributed by atoms with Gasteiger partial charge in [0.1, 0.15) is 5.82 Å². The molecule has 2 amide bonds. The lowest BCUT2D eigenvalue weighted by Crippen LogP contribution is -2.35.